The standard InChI is InChI=1S/C14H22N4O2/c1-10-7-13(17-15)12(8-16-10)14(20)18-6-4-2-3-5-11(18)9-19/h7-8,11,19H,2-6,9,15H2,1H3,(H,16,17). The van der Waals surface area contributed by atoms with Crippen LogP contribution in [0.5, 0.6) is 0 Å². The molecule has 0 spiro atoms. The van der Waals surface area contributed by atoms with E-state index < -0.39 is 0 Å². The summed E-state index contributed by atoms with van der Waals surface area (Å²) >= 11 is 0. The molecule has 0 aromatic carbocycles. The molecule has 4 N–H and O–H groups in total. The summed E-state index contributed by atoms with van der Waals surface area (Å²) in [6, 6.07) is 1.64. The molecule has 1 aliphatic heterocycles. The minimum Gasteiger partial charge on any atom is -0.394 e. The van der Waals surface area contributed by atoms with Crippen LogP contribution in [-0.4, -0.2) is 40.1 Å². The summed E-state index contributed by atoms with van der Waals surface area (Å²) in [4.78, 5) is 18.6. The molecular formula is C14H22N4O2. The molecule has 0 radical (unpaired) electrons. The molecule has 6 heteroatoms. The minimum absolute atomic E-state index is 0.00355. The summed E-state index contributed by atoms with van der Waals surface area (Å²) in [5, 5.41) is 9.50. The van der Waals surface area contributed by atoms with Crippen LogP contribution in [0.25, 0.3) is 0 Å². The number of nitrogens with one attached hydrogen (secondary N) is 1. The average Bonchev–Trinajstić information content (AvgIpc) is 2.71. The Hall–Kier alpha value is -1.66. The summed E-state index contributed by atoms with van der Waals surface area (Å²) in [6.45, 7) is 2.51. The van der Waals surface area contributed by atoms with Crippen molar-refractivity contribution in [2.24, 2.45) is 5.84 Å². The number of nitrogens with zero attached hydrogens (tertiary/aromatic N) is 2. The Morgan fingerprint density at radius 1 is 1.55 bits per heavy atom. The lowest BCUT2D eigenvalue weighted by Gasteiger charge is -2.29. The normalized spacial score (nSPS) is 19.6. The van der Waals surface area contributed by atoms with Crippen molar-refractivity contribution >= 4 is 11.6 Å². The van der Waals surface area contributed by atoms with E-state index in [0.717, 1.165) is 31.4 Å². The number of aromatic nitrogens is 1. The third kappa shape index (κ3) is 3.08. The topological polar surface area (TPSA) is 91.5 Å². The van der Waals surface area contributed by atoms with Crippen molar-refractivity contribution in [2.75, 3.05) is 18.6 Å². The number of likely N-dealkylation sites (tertiary alicyclic amines) is 1. The van der Waals surface area contributed by atoms with Crippen molar-refractivity contribution in [3.63, 3.8) is 0 Å². The van der Waals surface area contributed by atoms with Crippen LogP contribution in [-0.2, 0) is 0 Å². The Morgan fingerprint density at radius 3 is 3.05 bits per heavy atom. The molecule has 1 aliphatic rings. The van der Waals surface area contributed by atoms with Crippen LogP contribution in [0.1, 0.15) is 41.7 Å². The van der Waals surface area contributed by atoms with Gasteiger partial charge in [-0.1, -0.05) is 12.8 Å². The quantitative estimate of drug-likeness (QED) is 0.568. The molecule has 6 nitrogen and oxygen atoms in total. The summed E-state index contributed by atoms with van der Waals surface area (Å²) in [6.07, 6.45) is 5.49. The molecule has 1 aromatic rings. The number of hydrazine groups is 1. The van der Waals surface area contributed by atoms with E-state index in [9.17, 15) is 9.90 Å². The van der Waals surface area contributed by atoms with Crippen LogP contribution in [0.15, 0.2) is 12.3 Å². The van der Waals surface area contributed by atoms with E-state index in [2.05, 4.69) is 10.4 Å². The van der Waals surface area contributed by atoms with Crippen molar-refractivity contribution in [3.05, 3.63) is 23.5 Å². The second kappa shape index (κ2) is 6.67. The molecule has 110 valence electrons. The number of carbonyl (C=O) groups excluding carboxylic acids is 1. The van der Waals surface area contributed by atoms with E-state index in [1.807, 2.05) is 6.92 Å². The van der Waals surface area contributed by atoms with Gasteiger partial charge in [-0.25, -0.2) is 0 Å². The number of aliphatic hydroxyl groups is 1. The largest absolute Gasteiger partial charge is 0.394 e. The minimum atomic E-state index is -0.119. The van der Waals surface area contributed by atoms with Crippen LogP contribution >= 0.6 is 0 Å². The number of nitrogens with two attached hydrogens (primary N) is 1. The highest BCUT2D eigenvalue weighted by atomic mass is 16.3. The van der Waals surface area contributed by atoms with Gasteiger partial charge in [0.1, 0.15) is 0 Å². The van der Waals surface area contributed by atoms with Crippen LogP contribution in [0.2, 0.25) is 0 Å². The van der Waals surface area contributed by atoms with Gasteiger partial charge in [-0.05, 0) is 25.8 Å². The maximum absolute atomic E-state index is 12.7. The van der Waals surface area contributed by atoms with Crippen LogP contribution in [0.4, 0.5) is 5.69 Å². The van der Waals surface area contributed by atoms with Crippen LogP contribution in [0, 0.1) is 6.92 Å². The molecule has 2 rings (SSSR count). The van der Waals surface area contributed by atoms with E-state index in [0.29, 0.717) is 17.8 Å². The van der Waals surface area contributed by atoms with Crippen LogP contribution in [0.3, 0.4) is 0 Å². The molecule has 1 fully saturated rings. The molecule has 0 saturated carbocycles. The molecule has 1 unspecified atom stereocenters. The zero-order valence-corrected chi connectivity index (χ0v) is 11.8. The highest BCUT2D eigenvalue weighted by molar-refractivity contribution is 5.99. The maximum atomic E-state index is 12.7. The zero-order valence-electron chi connectivity index (χ0n) is 11.8. The molecule has 1 aromatic heterocycles. The molecule has 20 heavy (non-hydrogen) atoms. The first-order valence-corrected chi connectivity index (χ1v) is 7.02. The Kier molecular flexibility index (Phi) is 4.92. The van der Waals surface area contributed by atoms with Crippen molar-refractivity contribution in [1.82, 2.24) is 9.88 Å². The number of aryl methyl sites for hydroxylation is 1. The number of rotatable bonds is 3. The first-order chi connectivity index (χ1) is 9.67. The predicted octanol–water partition coefficient (Wildman–Crippen LogP) is 1.05. The zero-order chi connectivity index (χ0) is 14.5. The molecule has 0 aliphatic carbocycles. The fourth-order valence-corrected chi connectivity index (χ4v) is 2.64. The third-order valence-corrected chi connectivity index (χ3v) is 3.78. The second-order valence-corrected chi connectivity index (χ2v) is 5.20. The van der Waals surface area contributed by atoms with E-state index >= 15 is 0 Å². The second-order valence-electron chi connectivity index (χ2n) is 5.20. The lowest BCUT2D eigenvalue weighted by Crippen LogP contribution is -2.42. The number of nitrogen functional groups attached to an aromatic ring is 1. The van der Waals surface area contributed by atoms with Crippen molar-refractivity contribution in [3.8, 4) is 0 Å². The number of aliphatic hydroxyl groups excluding tert-OH is 1. The Bertz CT molecular complexity index is 478. The van der Waals surface area contributed by atoms with Crippen molar-refractivity contribution in [2.45, 2.75) is 38.6 Å². The van der Waals surface area contributed by atoms with Gasteiger partial charge in [0.2, 0.25) is 0 Å². The Morgan fingerprint density at radius 2 is 2.35 bits per heavy atom. The first-order valence-electron chi connectivity index (χ1n) is 7.02. The highest BCUT2D eigenvalue weighted by Crippen LogP contribution is 2.22. The number of hydrogen-bond donors (Lipinski definition) is 3. The Labute approximate surface area is 119 Å². The third-order valence-electron chi connectivity index (χ3n) is 3.78. The SMILES string of the molecule is Cc1cc(NN)c(C(=O)N2CCCCCC2CO)cn1. The van der Waals surface area contributed by atoms with E-state index in [4.69, 9.17) is 5.84 Å². The summed E-state index contributed by atoms with van der Waals surface area (Å²) in [5.41, 5.74) is 4.38. The molecule has 1 atom stereocenters. The molecule has 2 heterocycles. The van der Waals surface area contributed by atoms with Gasteiger partial charge in [-0.2, -0.15) is 0 Å². The summed E-state index contributed by atoms with van der Waals surface area (Å²) in [5.74, 6) is 5.37. The van der Waals surface area contributed by atoms with E-state index in [1.165, 1.54) is 0 Å². The van der Waals surface area contributed by atoms with Gasteiger partial charge in [0.05, 0.1) is 23.9 Å². The average molecular weight is 278 g/mol. The summed E-state index contributed by atoms with van der Waals surface area (Å²) in [7, 11) is 0. The molecule has 1 amide bonds. The highest BCUT2D eigenvalue weighted by Gasteiger charge is 2.27. The molecular weight excluding hydrogens is 256 g/mol. The fraction of sp³-hybridized carbons (Fsp3) is 0.571. The first kappa shape index (κ1) is 14.7. The van der Waals surface area contributed by atoms with Gasteiger partial charge in [-0.3, -0.25) is 15.6 Å². The Balaban J connectivity index is 2.28. The van der Waals surface area contributed by atoms with Gasteiger partial charge < -0.3 is 15.4 Å². The number of hydrogen-bond acceptors (Lipinski definition) is 5. The lowest BCUT2D eigenvalue weighted by molar-refractivity contribution is 0.0600. The smallest absolute Gasteiger partial charge is 0.257 e. The molecule has 1 saturated heterocycles. The van der Waals surface area contributed by atoms with Crippen LogP contribution < -0.4 is 11.3 Å². The van der Waals surface area contributed by atoms with Gasteiger partial charge in [0.15, 0.2) is 0 Å². The number of carbonyl (C=O) groups is 1. The number of anilines is 1. The number of amides is 1. The number of pyridine rings is 1. The molecule has 0 bridgehead atoms. The van der Waals surface area contributed by atoms with Gasteiger partial charge >= 0.3 is 0 Å². The van der Waals surface area contributed by atoms with E-state index in [1.54, 1.807) is 17.2 Å². The van der Waals surface area contributed by atoms with Gasteiger partial charge in [0.25, 0.3) is 5.91 Å². The van der Waals surface area contributed by atoms with Gasteiger partial charge in [-0.15, -0.1) is 0 Å². The van der Waals surface area contributed by atoms with Crippen molar-refractivity contribution in [1.29, 1.82) is 0 Å². The van der Waals surface area contributed by atoms with Gasteiger partial charge in [0, 0.05) is 18.4 Å². The lowest BCUT2D eigenvalue weighted by atomic mass is 10.1. The van der Waals surface area contributed by atoms with Crippen molar-refractivity contribution < 1.29 is 9.90 Å². The predicted molar refractivity (Wildman–Crippen MR) is 77.2 cm³/mol. The monoisotopic (exact) mass is 278 g/mol. The van der Waals surface area contributed by atoms with E-state index in [-0.39, 0.29) is 18.6 Å². The summed E-state index contributed by atoms with van der Waals surface area (Å²) < 4.78 is 0. The fourth-order valence-electron chi connectivity index (χ4n) is 2.64. The maximum Gasteiger partial charge on any atom is 0.257 e.